The zero-order valence-corrected chi connectivity index (χ0v) is 16.4. The number of benzene rings is 2. The highest BCUT2D eigenvalue weighted by atomic mass is 127. The molecule has 0 atom stereocenters. The Morgan fingerprint density at radius 1 is 1.32 bits per heavy atom. The van der Waals surface area contributed by atoms with Crippen LogP contribution in [-0.4, -0.2) is 23.1 Å². The van der Waals surface area contributed by atoms with Gasteiger partial charge in [-0.25, -0.2) is 0 Å². The molecule has 0 saturated heterocycles. The Balaban J connectivity index is 2.07. The third kappa shape index (κ3) is 5.00. The van der Waals surface area contributed by atoms with E-state index in [0.29, 0.717) is 17.0 Å². The summed E-state index contributed by atoms with van der Waals surface area (Å²) in [6.45, 7) is 0. The summed E-state index contributed by atoms with van der Waals surface area (Å²) in [5.74, 6) is 0.243. The third-order valence-electron chi connectivity index (χ3n) is 3.04. The molecule has 2 N–H and O–H groups in total. The van der Waals surface area contributed by atoms with E-state index >= 15 is 0 Å². The van der Waals surface area contributed by atoms with E-state index in [1.807, 2.05) is 0 Å². The molecule has 0 aliphatic heterocycles. The molecule has 0 unspecified atom stereocenters. The number of hydrogen-bond acceptors (Lipinski definition) is 5. The molecule has 0 aromatic heterocycles. The van der Waals surface area contributed by atoms with Gasteiger partial charge in [-0.05, 0) is 65.1 Å². The van der Waals surface area contributed by atoms with Crippen LogP contribution in [0.5, 0.6) is 5.75 Å². The summed E-state index contributed by atoms with van der Waals surface area (Å²) in [7, 11) is 1.54. The largest absolute Gasteiger partial charge is 0.496 e. The van der Waals surface area contributed by atoms with Gasteiger partial charge in [0.05, 0.1) is 15.6 Å². The molecular formula is C15H11ClIN3O4S. The van der Waals surface area contributed by atoms with Crippen molar-refractivity contribution in [1.29, 1.82) is 0 Å². The normalized spacial score (nSPS) is 10.0. The number of rotatable bonds is 4. The number of nitrogens with zero attached hydrogens (tertiary/aromatic N) is 1. The van der Waals surface area contributed by atoms with Crippen molar-refractivity contribution in [3.8, 4) is 5.75 Å². The molecule has 2 rings (SSSR count). The number of carbonyl (C=O) groups is 1. The Hall–Kier alpha value is -1.98. The maximum atomic E-state index is 12.2. The van der Waals surface area contributed by atoms with Gasteiger partial charge in [0.25, 0.3) is 11.6 Å². The number of thiocarbonyl (C=S) groups is 1. The smallest absolute Gasteiger partial charge is 0.289 e. The molecule has 25 heavy (non-hydrogen) atoms. The van der Waals surface area contributed by atoms with Gasteiger partial charge in [0, 0.05) is 17.3 Å². The Morgan fingerprint density at radius 3 is 2.64 bits per heavy atom. The third-order valence-corrected chi connectivity index (χ3v) is 4.41. The summed E-state index contributed by atoms with van der Waals surface area (Å²) in [6.07, 6.45) is 0. The van der Waals surface area contributed by atoms with Crippen molar-refractivity contribution < 1.29 is 14.5 Å². The summed E-state index contributed by atoms with van der Waals surface area (Å²) in [5, 5.41) is 16.1. The molecule has 0 fully saturated rings. The lowest BCUT2D eigenvalue weighted by Gasteiger charge is -2.11. The monoisotopic (exact) mass is 491 g/mol. The minimum absolute atomic E-state index is 0.00690. The lowest BCUT2D eigenvalue weighted by molar-refractivity contribution is -0.384. The molecule has 10 heteroatoms. The van der Waals surface area contributed by atoms with Gasteiger partial charge in [0.15, 0.2) is 5.11 Å². The van der Waals surface area contributed by atoms with Crippen LogP contribution in [0.2, 0.25) is 5.02 Å². The van der Waals surface area contributed by atoms with Crippen molar-refractivity contribution in [3.63, 3.8) is 0 Å². The highest BCUT2D eigenvalue weighted by Crippen LogP contribution is 2.27. The van der Waals surface area contributed by atoms with Gasteiger partial charge in [0.2, 0.25) is 0 Å². The Kier molecular flexibility index (Phi) is 6.51. The molecule has 130 valence electrons. The highest BCUT2D eigenvalue weighted by Gasteiger charge is 2.14. The van der Waals surface area contributed by atoms with E-state index in [2.05, 4.69) is 33.2 Å². The van der Waals surface area contributed by atoms with E-state index in [-0.39, 0.29) is 15.8 Å². The lowest BCUT2D eigenvalue weighted by atomic mass is 10.2. The Morgan fingerprint density at radius 2 is 2.04 bits per heavy atom. The van der Waals surface area contributed by atoms with Crippen LogP contribution >= 0.6 is 46.4 Å². The maximum absolute atomic E-state index is 12.2. The van der Waals surface area contributed by atoms with E-state index in [0.717, 1.165) is 3.57 Å². The van der Waals surface area contributed by atoms with E-state index in [1.165, 1.54) is 18.2 Å². The maximum Gasteiger partial charge on any atom is 0.289 e. The zero-order valence-electron chi connectivity index (χ0n) is 12.7. The van der Waals surface area contributed by atoms with E-state index in [9.17, 15) is 14.9 Å². The Labute approximate surface area is 167 Å². The zero-order chi connectivity index (χ0) is 18.6. The molecule has 7 nitrogen and oxygen atoms in total. The van der Waals surface area contributed by atoms with Gasteiger partial charge >= 0.3 is 0 Å². The molecule has 0 spiro atoms. The van der Waals surface area contributed by atoms with Gasteiger partial charge in [-0.1, -0.05) is 11.6 Å². The molecule has 0 aliphatic rings. The molecule has 0 heterocycles. The summed E-state index contributed by atoms with van der Waals surface area (Å²) < 4.78 is 5.91. The summed E-state index contributed by atoms with van der Waals surface area (Å²) in [6, 6.07) is 9.06. The van der Waals surface area contributed by atoms with Gasteiger partial charge in [-0.15, -0.1) is 0 Å². The fourth-order valence-corrected chi connectivity index (χ4v) is 3.01. The number of amides is 1. The molecule has 0 saturated carbocycles. The predicted octanol–water partition coefficient (Wildman–Crippen LogP) is 3.99. The van der Waals surface area contributed by atoms with Crippen molar-refractivity contribution in [1.82, 2.24) is 5.32 Å². The number of carbonyl (C=O) groups excluding carboxylic acids is 1. The number of ether oxygens (including phenoxy) is 1. The van der Waals surface area contributed by atoms with Crippen LogP contribution in [0.4, 0.5) is 11.4 Å². The van der Waals surface area contributed by atoms with Crippen molar-refractivity contribution in [2.75, 3.05) is 12.4 Å². The van der Waals surface area contributed by atoms with Crippen molar-refractivity contribution in [3.05, 3.63) is 60.7 Å². The van der Waals surface area contributed by atoms with Crippen molar-refractivity contribution >= 4 is 68.8 Å². The van der Waals surface area contributed by atoms with Crippen LogP contribution in [0.15, 0.2) is 36.4 Å². The predicted molar refractivity (Wildman–Crippen MR) is 108 cm³/mol. The van der Waals surface area contributed by atoms with E-state index < -0.39 is 10.8 Å². The lowest BCUT2D eigenvalue weighted by Crippen LogP contribution is -2.34. The van der Waals surface area contributed by atoms with Gasteiger partial charge < -0.3 is 10.1 Å². The molecule has 2 aromatic rings. The van der Waals surface area contributed by atoms with Crippen LogP contribution in [0, 0.1) is 13.7 Å². The minimum Gasteiger partial charge on any atom is -0.496 e. The standard InChI is InChI=1S/C15H11ClIN3O4S/c1-24-13-5-2-8(6-11(13)17)14(21)19-15(25)18-9-3-4-10(16)12(7-9)20(22)23/h2-7H,1H3,(H2,18,19,21,25). The summed E-state index contributed by atoms with van der Waals surface area (Å²) in [4.78, 5) is 22.5. The molecule has 0 bridgehead atoms. The average Bonchev–Trinajstić information content (AvgIpc) is 2.56. The van der Waals surface area contributed by atoms with Gasteiger partial charge in [-0.3, -0.25) is 20.2 Å². The highest BCUT2D eigenvalue weighted by molar-refractivity contribution is 14.1. The average molecular weight is 492 g/mol. The van der Waals surface area contributed by atoms with E-state index in [1.54, 1.807) is 25.3 Å². The second-order valence-corrected chi connectivity index (χ2v) is 6.66. The number of nitro benzene ring substituents is 1. The number of methoxy groups -OCH3 is 1. The second kappa shape index (κ2) is 8.41. The fourth-order valence-electron chi connectivity index (χ4n) is 1.88. The molecular weight excluding hydrogens is 481 g/mol. The van der Waals surface area contributed by atoms with Crippen LogP contribution < -0.4 is 15.4 Å². The first-order valence-corrected chi connectivity index (χ1v) is 8.58. The fraction of sp³-hybridized carbons (Fsp3) is 0.0667. The Bertz CT molecular complexity index is 863. The molecule has 0 aliphatic carbocycles. The number of nitrogens with one attached hydrogen (secondary N) is 2. The van der Waals surface area contributed by atoms with Crippen molar-refractivity contribution in [2.45, 2.75) is 0 Å². The number of hydrogen-bond donors (Lipinski definition) is 2. The summed E-state index contributed by atoms with van der Waals surface area (Å²) >= 11 is 12.9. The molecule has 2 aromatic carbocycles. The van der Waals surface area contributed by atoms with Crippen LogP contribution in [0.1, 0.15) is 10.4 Å². The van der Waals surface area contributed by atoms with Crippen LogP contribution in [0.3, 0.4) is 0 Å². The SMILES string of the molecule is COc1ccc(C(=O)NC(=S)Nc2ccc(Cl)c([N+](=O)[O-])c2)cc1I. The van der Waals surface area contributed by atoms with Gasteiger partial charge in [-0.2, -0.15) is 0 Å². The van der Waals surface area contributed by atoms with Crippen LogP contribution in [0.25, 0.3) is 0 Å². The van der Waals surface area contributed by atoms with Crippen molar-refractivity contribution in [2.24, 2.45) is 0 Å². The number of anilines is 1. The van der Waals surface area contributed by atoms with Crippen LogP contribution in [-0.2, 0) is 0 Å². The quantitative estimate of drug-likeness (QED) is 0.291. The van der Waals surface area contributed by atoms with E-state index in [4.69, 9.17) is 28.6 Å². The first-order valence-electron chi connectivity index (χ1n) is 6.71. The first kappa shape index (κ1) is 19.3. The molecule has 1 amide bonds. The minimum atomic E-state index is -0.603. The molecule has 0 radical (unpaired) electrons. The summed E-state index contributed by atoms with van der Waals surface area (Å²) in [5.41, 5.74) is 0.479. The first-order chi connectivity index (χ1) is 11.8. The second-order valence-electron chi connectivity index (χ2n) is 4.68. The number of nitro groups is 1. The van der Waals surface area contributed by atoms with Gasteiger partial charge in [0.1, 0.15) is 10.8 Å². The number of halogens is 2. The topological polar surface area (TPSA) is 93.5 Å².